The Morgan fingerprint density at radius 2 is 1.47 bits per heavy atom. The van der Waals surface area contributed by atoms with Crippen molar-refractivity contribution in [1.82, 2.24) is 0 Å². The number of rotatable bonds is 5. The van der Waals surface area contributed by atoms with Gasteiger partial charge in [0, 0.05) is 18.8 Å². The fraction of sp³-hybridized carbons (Fsp3) is 0.231. The molecule has 1 fully saturated rings. The van der Waals surface area contributed by atoms with Crippen LogP contribution in [0.3, 0.4) is 0 Å². The van der Waals surface area contributed by atoms with Crippen molar-refractivity contribution in [1.29, 1.82) is 0 Å². The maximum Gasteiger partial charge on any atom is 0.313 e. The predicted molar refractivity (Wildman–Crippen MR) is 113 cm³/mol. The molecular formula is C26H24O4. The molecule has 0 bridgehead atoms. The molecule has 152 valence electrons. The van der Waals surface area contributed by atoms with Gasteiger partial charge in [-0.25, -0.2) is 0 Å². The largest absolute Gasteiger partial charge is 0.460 e. The number of esters is 1. The smallest absolute Gasteiger partial charge is 0.313 e. The van der Waals surface area contributed by atoms with E-state index in [4.69, 9.17) is 4.74 Å². The molecule has 0 saturated heterocycles. The zero-order valence-electron chi connectivity index (χ0n) is 16.6. The predicted octanol–water partition coefficient (Wildman–Crippen LogP) is 4.38. The molecule has 1 aliphatic rings. The van der Waals surface area contributed by atoms with E-state index < -0.39 is 23.4 Å². The maximum atomic E-state index is 13.4. The van der Waals surface area contributed by atoms with Crippen LogP contribution in [0.4, 0.5) is 0 Å². The highest BCUT2D eigenvalue weighted by Gasteiger charge is 2.53. The molecule has 0 radical (unpaired) electrons. The zero-order valence-corrected chi connectivity index (χ0v) is 16.6. The first-order valence-corrected chi connectivity index (χ1v) is 10.1. The van der Waals surface area contributed by atoms with Gasteiger partial charge in [0.1, 0.15) is 18.0 Å². The molecule has 1 saturated carbocycles. The Morgan fingerprint density at radius 1 is 0.900 bits per heavy atom. The summed E-state index contributed by atoms with van der Waals surface area (Å²) in [5.74, 6) is -1.90. The lowest BCUT2D eigenvalue weighted by Crippen LogP contribution is -2.49. The Kier molecular flexibility index (Phi) is 5.77. The van der Waals surface area contributed by atoms with Crippen molar-refractivity contribution < 1.29 is 19.4 Å². The Bertz CT molecular complexity index is 1000. The van der Waals surface area contributed by atoms with E-state index in [-0.39, 0.29) is 25.2 Å². The van der Waals surface area contributed by atoms with Crippen LogP contribution in [0.25, 0.3) is 0 Å². The summed E-state index contributed by atoms with van der Waals surface area (Å²) in [4.78, 5) is 26.0. The second-order valence-electron chi connectivity index (χ2n) is 7.80. The van der Waals surface area contributed by atoms with E-state index in [1.54, 1.807) is 24.3 Å². The fourth-order valence-corrected chi connectivity index (χ4v) is 4.38. The molecular weight excluding hydrogens is 376 g/mol. The summed E-state index contributed by atoms with van der Waals surface area (Å²) in [6.45, 7) is 0.122. The molecule has 4 nitrogen and oxygen atoms in total. The lowest BCUT2D eigenvalue weighted by molar-refractivity contribution is -0.169. The van der Waals surface area contributed by atoms with E-state index in [2.05, 4.69) is 0 Å². The van der Waals surface area contributed by atoms with Gasteiger partial charge in [-0.3, -0.25) is 9.59 Å². The van der Waals surface area contributed by atoms with Crippen LogP contribution in [0, 0.1) is 5.92 Å². The molecule has 4 heteroatoms. The molecule has 1 unspecified atom stereocenters. The average molecular weight is 400 g/mol. The number of carbonyl (C=O) groups excluding carboxylic acids is 2. The minimum Gasteiger partial charge on any atom is -0.460 e. The maximum absolute atomic E-state index is 13.4. The molecule has 0 amide bonds. The van der Waals surface area contributed by atoms with Crippen LogP contribution in [0.1, 0.15) is 35.4 Å². The summed E-state index contributed by atoms with van der Waals surface area (Å²) >= 11 is 0. The van der Waals surface area contributed by atoms with Crippen LogP contribution in [0.2, 0.25) is 0 Å². The van der Waals surface area contributed by atoms with Crippen LogP contribution in [-0.2, 0) is 26.5 Å². The molecule has 1 aliphatic carbocycles. The van der Waals surface area contributed by atoms with Gasteiger partial charge < -0.3 is 9.84 Å². The first kappa shape index (κ1) is 20.0. The summed E-state index contributed by atoms with van der Waals surface area (Å²) in [5, 5.41) is 11.8. The topological polar surface area (TPSA) is 63.6 Å². The number of ketones is 1. The van der Waals surface area contributed by atoms with Gasteiger partial charge in [-0.05, 0) is 16.7 Å². The van der Waals surface area contributed by atoms with Crippen molar-refractivity contribution in [2.24, 2.45) is 5.92 Å². The first-order chi connectivity index (χ1) is 14.6. The molecule has 3 aromatic rings. The van der Waals surface area contributed by atoms with Crippen LogP contribution in [-0.4, -0.2) is 16.9 Å². The number of ether oxygens (including phenoxy) is 1. The van der Waals surface area contributed by atoms with Gasteiger partial charge in [0.15, 0.2) is 0 Å². The number of hydrogen-bond donors (Lipinski definition) is 1. The molecule has 0 spiro atoms. The number of benzene rings is 3. The summed E-state index contributed by atoms with van der Waals surface area (Å²) in [7, 11) is 0. The Morgan fingerprint density at radius 3 is 2.10 bits per heavy atom. The summed E-state index contributed by atoms with van der Waals surface area (Å²) in [5.41, 5.74) is 0.657. The van der Waals surface area contributed by atoms with E-state index in [1.807, 2.05) is 66.7 Å². The SMILES string of the molecule is O=C1CC(c2ccccc2)[C@H](C(=O)OCc2ccccc2)[C@@](O)(c2ccccc2)C1. The van der Waals surface area contributed by atoms with Crippen molar-refractivity contribution in [2.75, 3.05) is 0 Å². The minimum atomic E-state index is -1.62. The van der Waals surface area contributed by atoms with Crippen molar-refractivity contribution in [3.8, 4) is 0 Å². The zero-order chi connectivity index (χ0) is 21.0. The number of hydrogen-bond acceptors (Lipinski definition) is 4. The van der Waals surface area contributed by atoms with Gasteiger partial charge in [0.2, 0.25) is 0 Å². The quantitative estimate of drug-likeness (QED) is 0.646. The van der Waals surface area contributed by atoms with Crippen molar-refractivity contribution in [3.05, 3.63) is 108 Å². The van der Waals surface area contributed by atoms with Crippen molar-refractivity contribution in [2.45, 2.75) is 31.0 Å². The molecule has 0 aromatic heterocycles. The van der Waals surface area contributed by atoms with E-state index in [0.29, 0.717) is 5.56 Å². The summed E-state index contributed by atoms with van der Waals surface area (Å²) < 4.78 is 5.66. The molecule has 3 atom stereocenters. The number of aliphatic hydroxyl groups is 1. The van der Waals surface area contributed by atoms with Crippen LogP contribution in [0.15, 0.2) is 91.0 Å². The Labute approximate surface area is 176 Å². The lowest BCUT2D eigenvalue weighted by atomic mass is 9.63. The number of Topliss-reactive ketones (excluding diaryl/α,β-unsaturated/α-hetero) is 1. The Hall–Kier alpha value is -3.24. The highest BCUT2D eigenvalue weighted by molar-refractivity contribution is 5.87. The second-order valence-corrected chi connectivity index (χ2v) is 7.80. The third-order valence-electron chi connectivity index (χ3n) is 5.81. The highest BCUT2D eigenvalue weighted by atomic mass is 16.5. The third-order valence-corrected chi connectivity index (χ3v) is 5.81. The first-order valence-electron chi connectivity index (χ1n) is 10.1. The highest BCUT2D eigenvalue weighted by Crippen LogP contribution is 2.48. The standard InChI is InChI=1S/C26H24O4/c27-22-16-23(20-12-6-2-7-13-20)24(25(28)30-18-19-10-4-1-5-11-19)26(29,17-22)21-14-8-3-9-15-21/h1-15,23-24,29H,16-18H2/t23?,24-,26+/m1/s1. The van der Waals surface area contributed by atoms with Crippen LogP contribution in [0.5, 0.6) is 0 Å². The van der Waals surface area contributed by atoms with E-state index in [0.717, 1.165) is 11.1 Å². The fourth-order valence-electron chi connectivity index (χ4n) is 4.38. The Balaban J connectivity index is 1.72. The van der Waals surface area contributed by atoms with Crippen molar-refractivity contribution >= 4 is 11.8 Å². The summed E-state index contributed by atoms with van der Waals surface area (Å²) in [6, 6.07) is 27.8. The van der Waals surface area contributed by atoms with Crippen LogP contribution < -0.4 is 0 Å². The summed E-state index contributed by atoms with van der Waals surface area (Å²) in [6.07, 6.45) is 0.0930. The van der Waals surface area contributed by atoms with Gasteiger partial charge >= 0.3 is 5.97 Å². The molecule has 3 aromatic carbocycles. The molecule has 1 N–H and O–H groups in total. The van der Waals surface area contributed by atoms with Gasteiger partial charge in [0.05, 0.1) is 5.92 Å². The van der Waals surface area contributed by atoms with Gasteiger partial charge in [0.25, 0.3) is 0 Å². The molecule has 0 aliphatic heterocycles. The molecule has 0 heterocycles. The van der Waals surface area contributed by atoms with Gasteiger partial charge in [-0.1, -0.05) is 91.0 Å². The van der Waals surface area contributed by atoms with Crippen molar-refractivity contribution in [3.63, 3.8) is 0 Å². The molecule has 4 rings (SSSR count). The van der Waals surface area contributed by atoms with Gasteiger partial charge in [-0.2, -0.15) is 0 Å². The molecule has 30 heavy (non-hydrogen) atoms. The number of carbonyl (C=O) groups is 2. The van der Waals surface area contributed by atoms with E-state index >= 15 is 0 Å². The van der Waals surface area contributed by atoms with Gasteiger partial charge in [-0.15, -0.1) is 0 Å². The normalized spacial score (nSPS) is 23.7. The van der Waals surface area contributed by atoms with E-state index in [1.165, 1.54) is 0 Å². The second kappa shape index (κ2) is 8.64. The monoisotopic (exact) mass is 400 g/mol. The lowest BCUT2D eigenvalue weighted by Gasteiger charge is -2.43. The average Bonchev–Trinajstić information content (AvgIpc) is 2.79. The minimum absolute atomic E-state index is 0.0673. The third kappa shape index (κ3) is 4.05. The van der Waals surface area contributed by atoms with Crippen LogP contribution >= 0.6 is 0 Å². The van der Waals surface area contributed by atoms with E-state index in [9.17, 15) is 14.7 Å².